The van der Waals surface area contributed by atoms with Crippen molar-refractivity contribution >= 4 is 18.1 Å². The Hall–Kier alpha value is -3.09. The van der Waals surface area contributed by atoms with Gasteiger partial charge in [0.2, 0.25) is 0 Å². The van der Waals surface area contributed by atoms with E-state index in [4.69, 9.17) is 9.15 Å². The van der Waals surface area contributed by atoms with Crippen molar-refractivity contribution in [1.82, 2.24) is 5.43 Å². The summed E-state index contributed by atoms with van der Waals surface area (Å²) >= 11 is 0. The van der Waals surface area contributed by atoms with Crippen LogP contribution in [0.1, 0.15) is 16.1 Å². The normalized spacial score (nSPS) is 10.5. The molecule has 0 bridgehead atoms. The molecule has 0 fully saturated rings. The molecule has 0 aliphatic rings. The van der Waals surface area contributed by atoms with E-state index in [0.717, 1.165) is 0 Å². The van der Waals surface area contributed by atoms with Crippen molar-refractivity contribution in [3.05, 3.63) is 54.0 Å². The molecule has 0 aliphatic heterocycles. The number of nitrogens with one attached hydrogen (secondary N) is 1. The first-order valence-electron chi connectivity index (χ1n) is 5.95. The van der Waals surface area contributed by atoms with Gasteiger partial charge in [0.15, 0.2) is 5.76 Å². The SMILES string of the molecule is O=C([O-])COc1ccccc1/C=N/NC(=O)c1ccco1. The molecule has 0 saturated heterocycles. The first-order valence-corrected chi connectivity index (χ1v) is 5.95. The third kappa shape index (κ3) is 4.20. The molecule has 0 aliphatic carbocycles. The molecule has 0 saturated carbocycles. The van der Waals surface area contributed by atoms with Crippen LogP contribution in [0.25, 0.3) is 0 Å². The quantitative estimate of drug-likeness (QED) is 0.602. The monoisotopic (exact) mass is 287 g/mol. The molecule has 0 atom stereocenters. The smallest absolute Gasteiger partial charge is 0.307 e. The van der Waals surface area contributed by atoms with Crippen LogP contribution in [0, 0.1) is 0 Å². The number of rotatable bonds is 6. The number of aliphatic carboxylic acids is 1. The van der Waals surface area contributed by atoms with E-state index in [1.54, 1.807) is 30.3 Å². The fourth-order valence-corrected chi connectivity index (χ4v) is 1.48. The van der Waals surface area contributed by atoms with Crippen molar-refractivity contribution in [2.75, 3.05) is 6.61 Å². The van der Waals surface area contributed by atoms with Crippen molar-refractivity contribution in [2.24, 2.45) is 5.10 Å². The van der Waals surface area contributed by atoms with Gasteiger partial charge in [0.05, 0.1) is 18.4 Å². The second-order valence-corrected chi connectivity index (χ2v) is 3.87. The summed E-state index contributed by atoms with van der Waals surface area (Å²) in [6.07, 6.45) is 2.72. The first kappa shape index (κ1) is 14.3. The molecule has 1 amide bonds. The number of hydrazone groups is 1. The molecule has 2 rings (SSSR count). The fourth-order valence-electron chi connectivity index (χ4n) is 1.48. The van der Waals surface area contributed by atoms with E-state index < -0.39 is 18.5 Å². The molecular weight excluding hydrogens is 276 g/mol. The molecule has 1 heterocycles. The zero-order valence-corrected chi connectivity index (χ0v) is 10.8. The van der Waals surface area contributed by atoms with Crippen molar-refractivity contribution in [1.29, 1.82) is 0 Å². The summed E-state index contributed by atoms with van der Waals surface area (Å²) in [5.74, 6) is -1.37. The average Bonchev–Trinajstić information content (AvgIpc) is 3.00. The van der Waals surface area contributed by atoms with Gasteiger partial charge in [0, 0.05) is 5.56 Å². The summed E-state index contributed by atoms with van der Waals surface area (Å²) in [5, 5.41) is 14.1. The van der Waals surface area contributed by atoms with E-state index in [0.29, 0.717) is 11.3 Å². The van der Waals surface area contributed by atoms with Crippen LogP contribution < -0.4 is 15.3 Å². The zero-order valence-electron chi connectivity index (χ0n) is 10.8. The molecule has 7 nitrogen and oxygen atoms in total. The lowest BCUT2D eigenvalue weighted by Crippen LogP contribution is -2.29. The van der Waals surface area contributed by atoms with Crippen molar-refractivity contribution in [3.8, 4) is 5.75 Å². The van der Waals surface area contributed by atoms with Crippen molar-refractivity contribution in [2.45, 2.75) is 0 Å². The molecule has 21 heavy (non-hydrogen) atoms. The van der Waals surface area contributed by atoms with Crippen molar-refractivity contribution in [3.63, 3.8) is 0 Å². The molecule has 1 aromatic carbocycles. The number of benzene rings is 1. The highest BCUT2D eigenvalue weighted by Crippen LogP contribution is 2.15. The number of nitrogens with zero attached hydrogens (tertiary/aromatic N) is 1. The lowest BCUT2D eigenvalue weighted by molar-refractivity contribution is -0.307. The number of carbonyl (C=O) groups is 2. The Labute approximate surface area is 119 Å². The number of amides is 1. The molecule has 108 valence electrons. The van der Waals surface area contributed by atoms with Crippen LogP contribution >= 0.6 is 0 Å². The van der Waals surface area contributed by atoms with Crippen LogP contribution in [0.2, 0.25) is 0 Å². The van der Waals surface area contributed by atoms with Crippen LogP contribution in [0.15, 0.2) is 52.2 Å². The first-order chi connectivity index (χ1) is 10.2. The third-order valence-corrected chi connectivity index (χ3v) is 2.38. The molecule has 2 aromatic rings. The predicted molar refractivity (Wildman–Crippen MR) is 70.7 cm³/mol. The number of hydrogen-bond acceptors (Lipinski definition) is 6. The Bertz CT molecular complexity index is 649. The van der Waals surface area contributed by atoms with Gasteiger partial charge in [0.25, 0.3) is 0 Å². The minimum Gasteiger partial charge on any atom is -0.546 e. The van der Waals surface area contributed by atoms with E-state index in [9.17, 15) is 14.7 Å². The lowest BCUT2D eigenvalue weighted by Gasteiger charge is -2.08. The van der Waals surface area contributed by atoms with Crippen LogP contribution in [0.4, 0.5) is 0 Å². The standard InChI is InChI=1S/C14H12N2O5/c17-13(18)9-21-11-5-2-1-4-10(11)8-15-16-14(19)12-6-3-7-20-12/h1-8H,9H2,(H,16,19)(H,17,18)/p-1/b15-8+. The van der Waals surface area contributed by atoms with Gasteiger partial charge in [-0.15, -0.1) is 0 Å². The minimum absolute atomic E-state index is 0.133. The number of para-hydroxylation sites is 1. The maximum Gasteiger partial charge on any atom is 0.307 e. The highest BCUT2D eigenvalue weighted by atomic mass is 16.5. The Morgan fingerprint density at radius 3 is 2.81 bits per heavy atom. The number of carbonyl (C=O) groups excluding carboxylic acids is 2. The molecule has 1 aromatic heterocycles. The Kier molecular flexibility index (Phi) is 4.70. The van der Waals surface area contributed by atoms with Crippen LogP contribution in [0.5, 0.6) is 5.75 Å². The fraction of sp³-hybridized carbons (Fsp3) is 0.0714. The van der Waals surface area contributed by atoms with Gasteiger partial charge in [0.1, 0.15) is 12.4 Å². The van der Waals surface area contributed by atoms with Gasteiger partial charge < -0.3 is 19.1 Å². The number of ether oxygens (including phenoxy) is 1. The van der Waals surface area contributed by atoms with Gasteiger partial charge in [-0.05, 0) is 24.3 Å². The maximum atomic E-state index is 11.6. The number of carboxylic acids is 1. The lowest BCUT2D eigenvalue weighted by atomic mass is 10.2. The molecule has 0 spiro atoms. The van der Waals surface area contributed by atoms with Crippen LogP contribution in [-0.4, -0.2) is 24.7 Å². The molecule has 0 unspecified atom stereocenters. The summed E-state index contributed by atoms with van der Waals surface area (Å²) in [7, 11) is 0. The predicted octanol–water partition coefficient (Wildman–Crippen LogP) is 0.172. The highest BCUT2D eigenvalue weighted by Gasteiger charge is 2.06. The third-order valence-electron chi connectivity index (χ3n) is 2.38. The van der Waals surface area contributed by atoms with Crippen molar-refractivity contribution < 1.29 is 23.8 Å². The number of hydrogen-bond donors (Lipinski definition) is 1. The largest absolute Gasteiger partial charge is 0.546 e. The number of carboxylic acid groups (broad SMARTS) is 1. The Morgan fingerprint density at radius 2 is 2.10 bits per heavy atom. The Balaban J connectivity index is 2.00. The van der Waals surface area contributed by atoms with Crippen LogP contribution in [-0.2, 0) is 4.79 Å². The maximum absolute atomic E-state index is 11.6. The topological polar surface area (TPSA) is 104 Å². The number of furan rings is 1. The summed E-state index contributed by atoms with van der Waals surface area (Å²) in [6.45, 7) is -0.566. The molecular formula is C14H11N2O5-. The second kappa shape index (κ2) is 6.90. The zero-order chi connectivity index (χ0) is 15.1. The van der Waals surface area contributed by atoms with Gasteiger partial charge in [-0.2, -0.15) is 5.10 Å². The van der Waals surface area contributed by atoms with Gasteiger partial charge >= 0.3 is 5.91 Å². The summed E-state index contributed by atoms with van der Waals surface area (Å²) in [4.78, 5) is 21.9. The van der Waals surface area contributed by atoms with E-state index in [1.165, 1.54) is 18.5 Å². The van der Waals surface area contributed by atoms with Gasteiger partial charge in [-0.3, -0.25) is 4.79 Å². The summed E-state index contributed by atoms with van der Waals surface area (Å²) in [5.41, 5.74) is 2.79. The van der Waals surface area contributed by atoms with E-state index >= 15 is 0 Å². The molecule has 7 heteroatoms. The molecule has 0 radical (unpaired) electrons. The minimum atomic E-state index is -1.33. The Morgan fingerprint density at radius 1 is 1.29 bits per heavy atom. The summed E-state index contributed by atoms with van der Waals surface area (Å²) < 4.78 is 9.95. The average molecular weight is 287 g/mol. The van der Waals surface area contributed by atoms with Gasteiger partial charge in [-0.1, -0.05) is 12.1 Å². The second-order valence-electron chi connectivity index (χ2n) is 3.87. The molecule has 1 N–H and O–H groups in total. The van der Waals surface area contributed by atoms with E-state index in [1.807, 2.05) is 0 Å². The van der Waals surface area contributed by atoms with E-state index in [-0.39, 0.29) is 5.76 Å². The van der Waals surface area contributed by atoms with Gasteiger partial charge in [-0.25, -0.2) is 5.43 Å². The van der Waals surface area contributed by atoms with E-state index in [2.05, 4.69) is 10.5 Å². The summed E-state index contributed by atoms with van der Waals surface area (Å²) in [6, 6.07) is 9.74. The van der Waals surface area contributed by atoms with Crippen LogP contribution in [0.3, 0.4) is 0 Å². The highest BCUT2D eigenvalue weighted by molar-refractivity contribution is 5.92.